The van der Waals surface area contributed by atoms with Gasteiger partial charge in [-0.3, -0.25) is 4.79 Å². The lowest BCUT2D eigenvalue weighted by Crippen LogP contribution is -2.29. The van der Waals surface area contributed by atoms with Gasteiger partial charge in [0.05, 0.1) is 5.75 Å². The SMILES string of the molecule is CCn1c(Cc2ccccc2)nnc1SCC(=O)N1CCCC1. The lowest BCUT2D eigenvalue weighted by atomic mass is 10.1. The summed E-state index contributed by atoms with van der Waals surface area (Å²) in [6, 6.07) is 10.3. The molecule has 1 fully saturated rings. The maximum absolute atomic E-state index is 12.2. The van der Waals surface area contributed by atoms with Crippen LogP contribution in [0.3, 0.4) is 0 Å². The van der Waals surface area contributed by atoms with E-state index >= 15 is 0 Å². The van der Waals surface area contributed by atoms with E-state index < -0.39 is 0 Å². The highest BCUT2D eigenvalue weighted by Crippen LogP contribution is 2.20. The van der Waals surface area contributed by atoms with Crippen molar-refractivity contribution in [1.82, 2.24) is 19.7 Å². The molecule has 0 aliphatic carbocycles. The molecule has 0 radical (unpaired) electrons. The molecule has 1 saturated heterocycles. The van der Waals surface area contributed by atoms with Gasteiger partial charge in [-0.1, -0.05) is 42.1 Å². The Morgan fingerprint density at radius 2 is 1.91 bits per heavy atom. The average Bonchev–Trinajstić information content (AvgIpc) is 3.23. The molecule has 1 amide bonds. The van der Waals surface area contributed by atoms with Crippen LogP contribution < -0.4 is 0 Å². The van der Waals surface area contributed by atoms with Gasteiger partial charge in [-0.15, -0.1) is 10.2 Å². The summed E-state index contributed by atoms with van der Waals surface area (Å²) in [4.78, 5) is 14.1. The summed E-state index contributed by atoms with van der Waals surface area (Å²) in [7, 11) is 0. The monoisotopic (exact) mass is 330 g/mol. The van der Waals surface area contributed by atoms with Crippen molar-refractivity contribution in [2.24, 2.45) is 0 Å². The van der Waals surface area contributed by atoms with Crippen molar-refractivity contribution in [2.75, 3.05) is 18.8 Å². The third kappa shape index (κ3) is 3.93. The minimum absolute atomic E-state index is 0.211. The Morgan fingerprint density at radius 1 is 1.17 bits per heavy atom. The Labute approximate surface area is 141 Å². The number of carbonyl (C=O) groups is 1. The van der Waals surface area contributed by atoms with Crippen LogP contribution >= 0.6 is 11.8 Å². The molecule has 1 aromatic carbocycles. The first-order valence-electron chi connectivity index (χ1n) is 8.14. The molecule has 3 rings (SSSR count). The van der Waals surface area contributed by atoms with Crippen LogP contribution in [0.25, 0.3) is 0 Å². The predicted octanol–water partition coefficient (Wildman–Crippen LogP) is 2.60. The number of hydrogen-bond acceptors (Lipinski definition) is 4. The van der Waals surface area contributed by atoms with Crippen molar-refractivity contribution in [3.8, 4) is 0 Å². The smallest absolute Gasteiger partial charge is 0.233 e. The van der Waals surface area contributed by atoms with Crippen molar-refractivity contribution in [1.29, 1.82) is 0 Å². The van der Waals surface area contributed by atoms with Crippen LogP contribution in [0, 0.1) is 0 Å². The lowest BCUT2D eigenvalue weighted by Gasteiger charge is -2.14. The highest BCUT2D eigenvalue weighted by molar-refractivity contribution is 7.99. The first-order valence-corrected chi connectivity index (χ1v) is 9.13. The standard InChI is InChI=1S/C17H22N4OS/c1-2-21-15(12-14-8-4-3-5-9-14)18-19-17(21)23-13-16(22)20-10-6-7-11-20/h3-5,8-9H,2,6-7,10-13H2,1H3. The number of likely N-dealkylation sites (tertiary alicyclic amines) is 1. The fraction of sp³-hybridized carbons (Fsp3) is 0.471. The van der Waals surface area contributed by atoms with E-state index in [0.717, 1.165) is 49.9 Å². The predicted molar refractivity (Wildman–Crippen MR) is 91.5 cm³/mol. The van der Waals surface area contributed by atoms with Gasteiger partial charge >= 0.3 is 0 Å². The molecule has 0 unspecified atom stereocenters. The zero-order valence-electron chi connectivity index (χ0n) is 13.4. The Hall–Kier alpha value is -1.82. The molecule has 0 spiro atoms. The minimum Gasteiger partial charge on any atom is -0.342 e. The highest BCUT2D eigenvalue weighted by atomic mass is 32.2. The van der Waals surface area contributed by atoms with Crippen LogP contribution in [0.5, 0.6) is 0 Å². The van der Waals surface area contributed by atoms with E-state index in [1.165, 1.54) is 17.3 Å². The van der Waals surface area contributed by atoms with E-state index in [4.69, 9.17) is 0 Å². The van der Waals surface area contributed by atoms with E-state index in [-0.39, 0.29) is 5.91 Å². The molecule has 23 heavy (non-hydrogen) atoms. The number of amides is 1. The van der Waals surface area contributed by atoms with Crippen LogP contribution in [-0.4, -0.2) is 44.4 Å². The summed E-state index contributed by atoms with van der Waals surface area (Å²) in [5, 5.41) is 9.45. The molecule has 5 nitrogen and oxygen atoms in total. The summed E-state index contributed by atoms with van der Waals surface area (Å²) in [5.41, 5.74) is 1.22. The second-order valence-electron chi connectivity index (χ2n) is 5.68. The van der Waals surface area contributed by atoms with E-state index in [0.29, 0.717) is 5.75 Å². The van der Waals surface area contributed by atoms with Crippen LogP contribution in [-0.2, 0) is 17.8 Å². The molecule has 0 atom stereocenters. The summed E-state index contributed by atoms with van der Waals surface area (Å²) in [5.74, 6) is 1.61. The van der Waals surface area contributed by atoms with Gasteiger partial charge in [-0.2, -0.15) is 0 Å². The quantitative estimate of drug-likeness (QED) is 0.764. The van der Waals surface area contributed by atoms with Crippen molar-refractivity contribution in [3.05, 3.63) is 41.7 Å². The molecule has 6 heteroatoms. The van der Waals surface area contributed by atoms with Crippen molar-refractivity contribution >= 4 is 17.7 Å². The molecule has 0 bridgehead atoms. The molecule has 2 aromatic rings. The Kier molecular flexibility index (Phi) is 5.33. The number of carbonyl (C=O) groups excluding carboxylic acids is 1. The summed E-state index contributed by atoms with van der Waals surface area (Å²) in [6.07, 6.45) is 3.02. The molecule has 0 saturated carbocycles. The van der Waals surface area contributed by atoms with Gasteiger partial charge in [0.15, 0.2) is 5.16 Å². The third-order valence-electron chi connectivity index (χ3n) is 4.10. The fourth-order valence-electron chi connectivity index (χ4n) is 2.84. The first kappa shape index (κ1) is 16.1. The zero-order chi connectivity index (χ0) is 16.1. The molecule has 1 aromatic heterocycles. The average molecular weight is 330 g/mol. The number of aromatic nitrogens is 3. The van der Waals surface area contributed by atoms with Crippen LogP contribution in [0.4, 0.5) is 0 Å². The van der Waals surface area contributed by atoms with Crippen LogP contribution in [0.2, 0.25) is 0 Å². The van der Waals surface area contributed by atoms with Crippen molar-refractivity contribution in [3.63, 3.8) is 0 Å². The number of thioether (sulfide) groups is 1. The number of hydrogen-bond donors (Lipinski definition) is 0. The maximum atomic E-state index is 12.2. The molecule has 1 aliphatic rings. The summed E-state index contributed by atoms with van der Waals surface area (Å²) < 4.78 is 2.11. The first-order chi connectivity index (χ1) is 11.3. The Bertz CT molecular complexity index is 650. The van der Waals surface area contributed by atoms with Gasteiger partial charge < -0.3 is 9.47 Å². The number of benzene rings is 1. The number of rotatable bonds is 6. The van der Waals surface area contributed by atoms with Crippen molar-refractivity contribution in [2.45, 2.75) is 37.9 Å². The molecular formula is C17H22N4OS. The lowest BCUT2D eigenvalue weighted by molar-refractivity contribution is -0.127. The molecule has 1 aliphatic heterocycles. The van der Waals surface area contributed by atoms with E-state index in [9.17, 15) is 4.79 Å². The molecular weight excluding hydrogens is 308 g/mol. The summed E-state index contributed by atoms with van der Waals surface area (Å²) in [6.45, 7) is 4.71. The Morgan fingerprint density at radius 3 is 2.61 bits per heavy atom. The van der Waals surface area contributed by atoms with Gasteiger partial charge in [-0.25, -0.2) is 0 Å². The Balaban J connectivity index is 1.64. The van der Waals surface area contributed by atoms with Gasteiger partial charge in [0, 0.05) is 26.1 Å². The minimum atomic E-state index is 0.211. The summed E-state index contributed by atoms with van der Waals surface area (Å²) >= 11 is 1.50. The molecule has 0 N–H and O–H groups in total. The van der Waals surface area contributed by atoms with Crippen LogP contribution in [0.1, 0.15) is 31.2 Å². The van der Waals surface area contributed by atoms with Crippen molar-refractivity contribution < 1.29 is 4.79 Å². The van der Waals surface area contributed by atoms with Gasteiger partial charge in [0.2, 0.25) is 5.91 Å². The molecule has 2 heterocycles. The zero-order valence-corrected chi connectivity index (χ0v) is 14.3. The second-order valence-corrected chi connectivity index (χ2v) is 6.62. The van der Waals surface area contributed by atoms with Gasteiger partial charge in [0.1, 0.15) is 5.82 Å². The number of nitrogens with zero attached hydrogens (tertiary/aromatic N) is 4. The van der Waals surface area contributed by atoms with E-state index in [2.05, 4.69) is 33.8 Å². The van der Waals surface area contributed by atoms with E-state index in [1.54, 1.807) is 0 Å². The van der Waals surface area contributed by atoms with Gasteiger partial charge in [0.25, 0.3) is 0 Å². The fourth-order valence-corrected chi connectivity index (χ4v) is 3.76. The second kappa shape index (κ2) is 7.64. The normalized spacial score (nSPS) is 14.4. The maximum Gasteiger partial charge on any atom is 0.233 e. The largest absolute Gasteiger partial charge is 0.342 e. The highest BCUT2D eigenvalue weighted by Gasteiger charge is 2.19. The molecule has 122 valence electrons. The van der Waals surface area contributed by atoms with E-state index in [1.807, 2.05) is 23.1 Å². The third-order valence-corrected chi connectivity index (χ3v) is 5.05. The topological polar surface area (TPSA) is 51.0 Å². The van der Waals surface area contributed by atoms with Crippen LogP contribution in [0.15, 0.2) is 35.5 Å². The van der Waals surface area contributed by atoms with Gasteiger partial charge in [-0.05, 0) is 25.3 Å².